The Hall–Kier alpha value is -3.08. The third kappa shape index (κ3) is 6.97. The fourth-order valence-corrected chi connectivity index (χ4v) is 4.61. The smallest absolute Gasteiger partial charge is 0.305 e. The van der Waals surface area contributed by atoms with Gasteiger partial charge in [-0.15, -0.1) is 0 Å². The molecule has 35 heavy (non-hydrogen) atoms. The van der Waals surface area contributed by atoms with Crippen LogP contribution in [0, 0.1) is 6.92 Å². The lowest BCUT2D eigenvalue weighted by molar-refractivity contribution is -0.137. The van der Waals surface area contributed by atoms with Crippen molar-refractivity contribution in [2.45, 2.75) is 20.3 Å². The number of hydrogen-bond donors (Lipinski definition) is 2. The van der Waals surface area contributed by atoms with Crippen molar-refractivity contribution in [2.24, 2.45) is 0 Å². The first-order chi connectivity index (χ1) is 16.7. The maximum Gasteiger partial charge on any atom is 0.305 e. The van der Waals surface area contributed by atoms with Crippen LogP contribution in [0.5, 0.6) is 11.5 Å². The van der Waals surface area contributed by atoms with Crippen LogP contribution in [0.2, 0.25) is 5.02 Å². The molecule has 1 aliphatic rings. The van der Waals surface area contributed by atoms with E-state index < -0.39 is 5.97 Å². The van der Waals surface area contributed by atoms with Crippen LogP contribution in [0.3, 0.4) is 0 Å². The van der Waals surface area contributed by atoms with Crippen LogP contribution < -0.4 is 14.8 Å². The molecule has 1 heterocycles. The van der Waals surface area contributed by atoms with Gasteiger partial charge in [-0.1, -0.05) is 47.7 Å². The number of ether oxygens (including phenoxy) is 2. The Kier molecular flexibility index (Phi) is 9.13. The van der Waals surface area contributed by atoms with Gasteiger partial charge < -0.3 is 19.9 Å². The van der Waals surface area contributed by atoms with E-state index in [-0.39, 0.29) is 31.4 Å². The topological polar surface area (TPSA) is 105 Å². The predicted octanol–water partition coefficient (Wildman–Crippen LogP) is 4.74. The molecule has 0 aromatic heterocycles. The highest BCUT2D eigenvalue weighted by atomic mass is 35.5. The lowest BCUT2D eigenvalue weighted by Crippen LogP contribution is -2.30. The van der Waals surface area contributed by atoms with E-state index in [4.69, 9.17) is 38.4 Å². The largest absolute Gasteiger partial charge is 0.490 e. The van der Waals surface area contributed by atoms with Gasteiger partial charge >= 0.3 is 5.97 Å². The van der Waals surface area contributed by atoms with Crippen molar-refractivity contribution in [3.63, 3.8) is 0 Å². The molecule has 0 spiro atoms. The second-order valence-corrected chi connectivity index (χ2v) is 9.45. The highest BCUT2D eigenvalue weighted by molar-refractivity contribution is 8.26. The molecule has 2 aromatic rings. The van der Waals surface area contributed by atoms with Crippen LogP contribution in [-0.4, -0.2) is 51.9 Å². The SMILES string of the molecule is CCOc1cc(/C=C2\SC(=S)N(CCC(=O)O)C2=O)ccc1OCC(=O)Nc1cccc(Cl)c1C. The van der Waals surface area contributed by atoms with Gasteiger partial charge in [0.15, 0.2) is 18.1 Å². The summed E-state index contributed by atoms with van der Waals surface area (Å²) < 4.78 is 11.7. The molecule has 1 fully saturated rings. The first-order valence-electron chi connectivity index (χ1n) is 10.6. The molecular weight excluding hydrogens is 512 g/mol. The van der Waals surface area contributed by atoms with Crippen molar-refractivity contribution in [3.8, 4) is 11.5 Å². The van der Waals surface area contributed by atoms with Gasteiger partial charge in [0, 0.05) is 17.3 Å². The number of thiocarbonyl (C=S) groups is 1. The molecule has 11 heteroatoms. The summed E-state index contributed by atoms with van der Waals surface area (Å²) in [6.45, 7) is 3.77. The maximum absolute atomic E-state index is 12.6. The van der Waals surface area contributed by atoms with E-state index in [1.807, 2.05) is 13.8 Å². The number of carboxylic acids is 1. The summed E-state index contributed by atoms with van der Waals surface area (Å²) >= 11 is 12.4. The molecule has 0 radical (unpaired) electrons. The van der Waals surface area contributed by atoms with Crippen LogP contribution in [0.4, 0.5) is 5.69 Å². The molecule has 0 bridgehead atoms. The van der Waals surface area contributed by atoms with Crippen LogP contribution in [0.25, 0.3) is 6.08 Å². The Morgan fingerprint density at radius 3 is 2.71 bits per heavy atom. The normalized spacial score (nSPS) is 14.4. The number of halogens is 1. The summed E-state index contributed by atoms with van der Waals surface area (Å²) in [5.41, 5.74) is 2.03. The fraction of sp³-hybridized carbons (Fsp3) is 0.250. The molecule has 2 aromatic carbocycles. The zero-order valence-electron chi connectivity index (χ0n) is 19.0. The Morgan fingerprint density at radius 2 is 2.00 bits per heavy atom. The summed E-state index contributed by atoms with van der Waals surface area (Å²) in [6, 6.07) is 10.3. The van der Waals surface area contributed by atoms with Crippen molar-refractivity contribution in [1.29, 1.82) is 0 Å². The number of nitrogens with one attached hydrogen (secondary N) is 1. The van der Waals surface area contributed by atoms with Gasteiger partial charge in [-0.05, 0) is 55.3 Å². The molecule has 2 N–H and O–H groups in total. The number of carbonyl (C=O) groups excluding carboxylic acids is 2. The maximum atomic E-state index is 12.6. The van der Waals surface area contributed by atoms with Crippen LogP contribution in [0.15, 0.2) is 41.3 Å². The molecule has 0 unspecified atom stereocenters. The lowest BCUT2D eigenvalue weighted by atomic mass is 10.2. The predicted molar refractivity (Wildman–Crippen MR) is 140 cm³/mol. The van der Waals surface area contributed by atoms with E-state index >= 15 is 0 Å². The summed E-state index contributed by atoms with van der Waals surface area (Å²) in [5, 5.41) is 12.2. The summed E-state index contributed by atoms with van der Waals surface area (Å²) in [5.74, 6) is -0.916. The molecular formula is C24H23ClN2O6S2. The van der Waals surface area contributed by atoms with E-state index in [1.165, 1.54) is 4.90 Å². The first kappa shape index (κ1) is 26.5. The van der Waals surface area contributed by atoms with Gasteiger partial charge in [-0.25, -0.2) is 0 Å². The quantitative estimate of drug-likeness (QED) is 0.332. The van der Waals surface area contributed by atoms with Gasteiger partial charge in [0.2, 0.25) is 0 Å². The Morgan fingerprint density at radius 1 is 1.23 bits per heavy atom. The monoisotopic (exact) mass is 534 g/mol. The average molecular weight is 535 g/mol. The summed E-state index contributed by atoms with van der Waals surface area (Å²) in [6.07, 6.45) is 1.46. The molecule has 184 valence electrons. The standard InChI is InChI=1S/C24H23ClN2O6S2/c1-3-32-19-11-15(12-20-23(31)27(24(34)35-20)10-9-22(29)30)7-8-18(19)33-13-21(28)26-17-6-4-5-16(25)14(17)2/h4-8,11-12H,3,9-10,13H2,1-2H3,(H,26,28)(H,29,30)/b20-12-. The minimum absolute atomic E-state index is 0.0189. The lowest BCUT2D eigenvalue weighted by Gasteiger charge is -2.14. The van der Waals surface area contributed by atoms with Crippen molar-refractivity contribution in [3.05, 3.63) is 57.5 Å². The van der Waals surface area contributed by atoms with E-state index in [9.17, 15) is 14.4 Å². The zero-order chi connectivity index (χ0) is 25.5. The number of carbonyl (C=O) groups is 3. The number of amides is 2. The van der Waals surface area contributed by atoms with Crippen LogP contribution in [-0.2, 0) is 14.4 Å². The molecule has 3 rings (SSSR count). The number of aliphatic carboxylic acids is 1. The number of anilines is 1. The minimum Gasteiger partial charge on any atom is -0.490 e. The molecule has 0 atom stereocenters. The number of thioether (sulfide) groups is 1. The van der Waals surface area contributed by atoms with Gasteiger partial charge in [-0.2, -0.15) is 0 Å². The average Bonchev–Trinajstić information content (AvgIpc) is 3.07. The van der Waals surface area contributed by atoms with Crippen LogP contribution >= 0.6 is 35.6 Å². The van der Waals surface area contributed by atoms with Crippen molar-refractivity contribution in [1.82, 2.24) is 4.90 Å². The van der Waals surface area contributed by atoms with Crippen molar-refractivity contribution >= 4 is 69.4 Å². The van der Waals surface area contributed by atoms with Crippen LogP contribution in [0.1, 0.15) is 24.5 Å². The Labute approximate surface area is 217 Å². The van der Waals surface area contributed by atoms with E-state index in [0.717, 1.165) is 17.3 Å². The Balaban J connectivity index is 1.70. The van der Waals surface area contributed by atoms with Gasteiger partial charge in [0.05, 0.1) is 17.9 Å². The molecule has 8 nitrogen and oxygen atoms in total. The fourth-order valence-electron chi connectivity index (χ4n) is 3.13. The van der Waals surface area contributed by atoms with E-state index in [2.05, 4.69) is 5.32 Å². The van der Waals surface area contributed by atoms with Gasteiger partial charge in [0.1, 0.15) is 4.32 Å². The number of nitrogens with zero attached hydrogens (tertiary/aromatic N) is 1. The molecule has 0 saturated carbocycles. The number of rotatable bonds is 10. The molecule has 1 aliphatic heterocycles. The third-order valence-electron chi connectivity index (χ3n) is 4.89. The third-order valence-corrected chi connectivity index (χ3v) is 6.68. The summed E-state index contributed by atoms with van der Waals surface area (Å²) in [4.78, 5) is 37.5. The van der Waals surface area contributed by atoms with E-state index in [1.54, 1.807) is 42.5 Å². The minimum atomic E-state index is -1.00. The second kappa shape index (κ2) is 12.1. The second-order valence-electron chi connectivity index (χ2n) is 7.37. The number of carboxylic acid groups (broad SMARTS) is 1. The number of benzene rings is 2. The van der Waals surface area contributed by atoms with Gasteiger partial charge in [0.25, 0.3) is 11.8 Å². The number of hydrogen-bond acceptors (Lipinski definition) is 7. The highest BCUT2D eigenvalue weighted by Crippen LogP contribution is 2.35. The van der Waals surface area contributed by atoms with Gasteiger partial charge in [-0.3, -0.25) is 19.3 Å². The summed E-state index contributed by atoms with van der Waals surface area (Å²) in [7, 11) is 0. The van der Waals surface area contributed by atoms with Crippen molar-refractivity contribution in [2.75, 3.05) is 25.1 Å². The van der Waals surface area contributed by atoms with Crippen molar-refractivity contribution < 1.29 is 29.0 Å². The zero-order valence-corrected chi connectivity index (χ0v) is 21.4. The Bertz CT molecular complexity index is 1200. The first-order valence-corrected chi connectivity index (χ1v) is 12.2. The molecule has 1 saturated heterocycles. The van der Waals surface area contributed by atoms with E-state index in [0.29, 0.717) is 43.6 Å². The highest BCUT2D eigenvalue weighted by Gasteiger charge is 2.32. The molecule has 2 amide bonds. The molecule has 0 aliphatic carbocycles.